The smallest absolute Gasteiger partial charge is 0.211 e. The van der Waals surface area contributed by atoms with E-state index in [9.17, 15) is 0 Å². The number of hydrogen-bond acceptors (Lipinski definition) is 8. The average Bonchev–Trinajstić information content (AvgIpc) is 3.14. The van der Waals surface area contributed by atoms with Gasteiger partial charge in [-0.2, -0.15) is 0 Å². The van der Waals surface area contributed by atoms with E-state index in [-0.39, 0.29) is 6.10 Å². The van der Waals surface area contributed by atoms with Crippen LogP contribution >= 0.6 is 11.3 Å². The van der Waals surface area contributed by atoms with Gasteiger partial charge in [-0.05, 0) is 37.6 Å². The van der Waals surface area contributed by atoms with Gasteiger partial charge in [-0.3, -0.25) is 4.90 Å². The number of nitrogens with one attached hydrogen (secondary N) is 1. The van der Waals surface area contributed by atoms with Crippen LogP contribution < -0.4 is 10.1 Å². The lowest BCUT2D eigenvalue weighted by molar-refractivity contribution is -0.0350. The van der Waals surface area contributed by atoms with Crippen LogP contribution in [0.1, 0.15) is 27.9 Å². The van der Waals surface area contributed by atoms with E-state index in [0.29, 0.717) is 6.61 Å². The van der Waals surface area contributed by atoms with Gasteiger partial charge in [0.1, 0.15) is 22.7 Å². The van der Waals surface area contributed by atoms with E-state index in [0.717, 1.165) is 47.0 Å². The number of nitrogens with zero attached hydrogens (tertiary/aromatic N) is 4. The van der Waals surface area contributed by atoms with Gasteiger partial charge >= 0.3 is 0 Å². The van der Waals surface area contributed by atoms with Crippen LogP contribution in [0.5, 0.6) is 5.75 Å². The van der Waals surface area contributed by atoms with Crippen LogP contribution in [0.4, 0.5) is 10.9 Å². The summed E-state index contributed by atoms with van der Waals surface area (Å²) in [4.78, 5) is 7.13. The zero-order valence-corrected chi connectivity index (χ0v) is 17.7. The van der Waals surface area contributed by atoms with Crippen molar-refractivity contribution in [3.8, 4) is 5.75 Å². The van der Waals surface area contributed by atoms with Crippen molar-refractivity contribution in [3.05, 3.63) is 58.2 Å². The Hall–Kier alpha value is -2.55. The number of benzene rings is 1. The fourth-order valence-electron chi connectivity index (χ4n) is 3.41. The molecule has 0 amide bonds. The van der Waals surface area contributed by atoms with Gasteiger partial charge in [-0.1, -0.05) is 29.5 Å². The minimum atomic E-state index is -0.0712. The van der Waals surface area contributed by atoms with Crippen LogP contribution in [0, 0.1) is 13.8 Å². The van der Waals surface area contributed by atoms with Gasteiger partial charge in [0.2, 0.25) is 5.13 Å². The SMILES string of the molecule is COc1cc(C)ccc1CN1CCO[C@H](c2cccc(Nc3nnc(C)s3)n2)C1. The number of morpholine rings is 1. The van der Waals surface area contributed by atoms with Crippen LogP contribution in [-0.2, 0) is 11.3 Å². The molecule has 0 aliphatic carbocycles. The molecule has 152 valence electrons. The second-order valence-electron chi connectivity index (χ2n) is 7.11. The number of anilines is 2. The monoisotopic (exact) mass is 411 g/mol. The Labute approximate surface area is 174 Å². The quantitative estimate of drug-likeness (QED) is 0.660. The summed E-state index contributed by atoms with van der Waals surface area (Å²) in [7, 11) is 1.72. The first-order valence-electron chi connectivity index (χ1n) is 9.62. The van der Waals surface area contributed by atoms with Gasteiger partial charge in [0.15, 0.2) is 0 Å². The molecule has 2 aromatic heterocycles. The van der Waals surface area contributed by atoms with Crippen molar-refractivity contribution in [2.45, 2.75) is 26.5 Å². The molecule has 0 unspecified atom stereocenters. The van der Waals surface area contributed by atoms with Gasteiger partial charge in [-0.15, -0.1) is 10.2 Å². The maximum absolute atomic E-state index is 6.03. The number of aromatic nitrogens is 3. The lowest BCUT2D eigenvalue weighted by Gasteiger charge is -2.33. The molecule has 7 nitrogen and oxygen atoms in total. The largest absolute Gasteiger partial charge is 0.496 e. The first kappa shape index (κ1) is 19.8. The Bertz CT molecular complexity index is 977. The van der Waals surface area contributed by atoms with E-state index < -0.39 is 0 Å². The van der Waals surface area contributed by atoms with Gasteiger partial charge in [0.25, 0.3) is 0 Å². The molecule has 1 aliphatic heterocycles. The van der Waals surface area contributed by atoms with Crippen molar-refractivity contribution >= 4 is 22.3 Å². The van der Waals surface area contributed by atoms with Crippen molar-refractivity contribution in [2.75, 3.05) is 32.1 Å². The maximum atomic E-state index is 6.03. The first-order chi connectivity index (χ1) is 14.1. The third-order valence-electron chi connectivity index (χ3n) is 4.85. The number of methoxy groups -OCH3 is 1. The van der Waals surface area contributed by atoms with E-state index in [4.69, 9.17) is 14.5 Å². The Balaban J connectivity index is 1.45. The van der Waals surface area contributed by atoms with Crippen LogP contribution in [0.25, 0.3) is 0 Å². The number of pyridine rings is 1. The summed E-state index contributed by atoms with van der Waals surface area (Å²) in [5.41, 5.74) is 3.30. The highest BCUT2D eigenvalue weighted by Crippen LogP contribution is 2.27. The fraction of sp³-hybridized carbons (Fsp3) is 0.381. The summed E-state index contributed by atoms with van der Waals surface area (Å²) in [6.07, 6.45) is -0.0712. The normalized spacial score (nSPS) is 17.3. The summed E-state index contributed by atoms with van der Waals surface area (Å²) in [6, 6.07) is 12.3. The molecule has 4 rings (SSSR count). The van der Waals surface area contributed by atoms with Crippen molar-refractivity contribution in [1.29, 1.82) is 0 Å². The summed E-state index contributed by atoms with van der Waals surface area (Å²) >= 11 is 1.51. The molecule has 1 aromatic carbocycles. The Morgan fingerprint density at radius 2 is 2.14 bits per heavy atom. The van der Waals surface area contributed by atoms with Crippen LogP contribution in [0.15, 0.2) is 36.4 Å². The molecule has 0 spiro atoms. The Kier molecular flexibility index (Phi) is 6.03. The average molecular weight is 412 g/mol. The van der Waals surface area contributed by atoms with Gasteiger partial charge in [0, 0.05) is 25.2 Å². The predicted octanol–water partition coefficient (Wildman–Crippen LogP) is 3.88. The fourth-order valence-corrected chi connectivity index (χ4v) is 4.00. The number of ether oxygens (including phenoxy) is 2. The molecule has 0 saturated carbocycles. The van der Waals surface area contributed by atoms with E-state index in [1.165, 1.54) is 22.5 Å². The van der Waals surface area contributed by atoms with Gasteiger partial charge in [0.05, 0.1) is 19.4 Å². The highest BCUT2D eigenvalue weighted by Gasteiger charge is 2.24. The molecule has 1 aliphatic rings. The molecule has 0 bridgehead atoms. The molecule has 0 radical (unpaired) electrons. The summed E-state index contributed by atoms with van der Waals surface area (Å²) in [5, 5.41) is 13.0. The molecular weight excluding hydrogens is 386 g/mol. The second-order valence-corrected chi connectivity index (χ2v) is 8.29. The van der Waals surface area contributed by atoms with Crippen molar-refractivity contribution < 1.29 is 9.47 Å². The molecule has 1 fully saturated rings. The van der Waals surface area contributed by atoms with Crippen molar-refractivity contribution in [2.24, 2.45) is 0 Å². The van der Waals surface area contributed by atoms with Crippen LogP contribution in [-0.4, -0.2) is 46.9 Å². The summed E-state index contributed by atoms with van der Waals surface area (Å²) in [5.74, 6) is 1.68. The molecule has 1 N–H and O–H groups in total. The zero-order valence-electron chi connectivity index (χ0n) is 16.9. The minimum Gasteiger partial charge on any atom is -0.496 e. The van der Waals surface area contributed by atoms with Gasteiger partial charge in [-0.25, -0.2) is 4.98 Å². The molecule has 1 saturated heterocycles. The predicted molar refractivity (Wildman–Crippen MR) is 114 cm³/mol. The lowest BCUT2D eigenvalue weighted by Crippen LogP contribution is -2.38. The highest BCUT2D eigenvalue weighted by molar-refractivity contribution is 7.15. The maximum Gasteiger partial charge on any atom is 0.211 e. The van der Waals surface area contributed by atoms with E-state index in [2.05, 4.69) is 45.5 Å². The number of aryl methyl sites for hydroxylation is 2. The van der Waals surface area contributed by atoms with Crippen LogP contribution in [0.2, 0.25) is 0 Å². The third kappa shape index (κ3) is 4.90. The lowest BCUT2D eigenvalue weighted by atomic mass is 10.1. The van der Waals surface area contributed by atoms with Crippen LogP contribution in [0.3, 0.4) is 0 Å². The summed E-state index contributed by atoms with van der Waals surface area (Å²) in [6.45, 7) is 7.17. The minimum absolute atomic E-state index is 0.0712. The number of rotatable bonds is 6. The standard InChI is InChI=1S/C21H25N5O2S/c1-14-7-8-16(18(11-14)27-3)12-26-9-10-28-19(13-26)17-5-4-6-20(22-17)23-21-25-24-15(2)29-21/h4-8,11,19H,9-10,12-13H2,1-3H3,(H,22,23,25)/t19-/m0/s1. The molecule has 3 aromatic rings. The van der Waals surface area contributed by atoms with Gasteiger partial charge < -0.3 is 14.8 Å². The topological polar surface area (TPSA) is 72.4 Å². The van der Waals surface area contributed by atoms with E-state index >= 15 is 0 Å². The van der Waals surface area contributed by atoms with E-state index in [1.54, 1.807) is 7.11 Å². The first-order valence-corrected chi connectivity index (χ1v) is 10.4. The number of hydrogen-bond donors (Lipinski definition) is 1. The Morgan fingerprint density at radius 3 is 2.93 bits per heavy atom. The van der Waals surface area contributed by atoms with E-state index in [1.807, 2.05) is 25.1 Å². The molecule has 1 atom stereocenters. The molecular formula is C21H25N5O2S. The Morgan fingerprint density at radius 1 is 1.24 bits per heavy atom. The highest BCUT2D eigenvalue weighted by atomic mass is 32.1. The molecule has 29 heavy (non-hydrogen) atoms. The third-order valence-corrected chi connectivity index (χ3v) is 5.60. The van der Waals surface area contributed by atoms with Crippen molar-refractivity contribution in [1.82, 2.24) is 20.1 Å². The summed E-state index contributed by atoms with van der Waals surface area (Å²) < 4.78 is 11.6. The molecule has 8 heteroatoms. The second kappa shape index (κ2) is 8.86. The molecule has 3 heterocycles. The van der Waals surface area contributed by atoms with Crippen molar-refractivity contribution in [3.63, 3.8) is 0 Å². The zero-order chi connectivity index (χ0) is 20.2.